The van der Waals surface area contributed by atoms with Crippen molar-refractivity contribution in [3.8, 4) is 0 Å². The standard InChI is InChI=1S/C14H13Cl3N4/c1-21(2)11-6-3-10(4-7-11)5-8-12-18-9-19-13(20-12)14(15,16)17/h3-9H,1-2H3. The minimum Gasteiger partial charge on any atom is -0.378 e. The summed E-state index contributed by atoms with van der Waals surface area (Å²) >= 11 is 17.2. The van der Waals surface area contributed by atoms with Crippen molar-refractivity contribution in [3.05, 3.63) is 47.8 Å². The third-order valence-electron chi connectivity index (χ3n) is 2.68. The first-order valence-electron chi connectivity index (χ1n) is 6.08. The van der Waals surface area contributed by atoms with Gasteiger partial charge in [0.25, 0.3) is 0 Å². The van der Waals surface area contributed by atoms with Crippen LogP contribution < -0.4 is 4.90 Å². The molecule has 0 bridgehead atoms. The van der Waals surface area contributed by atoms with Crippen molar-refractivity contribution in [2.24, 2.45) is 0 Å². The Morgan fingerprint density at radius 1 is 1.00 bits per heavy atom. The average Bonchev–Trinajstić information content (AvgIpc) is 2.45. The molecular formula is C14H13Cl3N4. The van der Waals surface area contributed by atoms with Crippen LogP contribution in [0.2, 0.25) is 0 Å². The van der Waals surface area contributed by atoms with Crippen molar-refractivity contribution >= 4 is 52.6 Å². The van der Waals surface area contributed by atoms with Gasteiger partial charge in [-0.25, -0.2) is 15.0 Å². The van der Waals surface area contributed by atoms with Crippen molar-refractivity contribution in [1.82, 2.24) is 15.0 Å². The first-order valence-corrected chi connectivity index (χ1v) is 7.21. The van der Waals surface area contributed by atoms with Crippen LogP contribution >= 0.6 is 34.8 Å². The Balaban J connectivity index is 2.17. The van der Waals surface area contributed by atoms with Crippen LogP contribution in [0.1, 0.15) is 17.2 Å². The van der Waals surface area contributed by atoms with Gasteiger partial charge in [-0.05, 0) is 23.8 Å². The highest BCUT2D eigenvalue weighted by atomic mass is 35.6. The van der Waals surface area contributed by atoms with Gasteiger partial charge in [0.15, 0.2) is 11.6 Å². The van der Waals surface area contributed by atoms with Gasteiger partial charge in [0.2, 0.25) is 3.79 Å². The molecule has 0 N–H and O–H groups in total. The average molecular weight is 344 g/mol. The number of hydrogen-bond donors (Lipinski definition) is 0. The predicted octanol–water partition coefficient (Wildman–Crippen LogP) is 3.93. The van der Waals surface area contributed by atoms with Gasteiger partial charge in [-0.2, -0.15) is 0 Å². The summed E-state index contributed by atoms with van der Waals surface area (Å²) in [4.78, 5) is 14.0. The Kier molecular flexibility index (Phi) is 5.04. The van der Waals surface area contributed by atoms with E-state index in [0.29, 0.717) is 5.82 Å². The fourth-order valence-electron chi connectivity index (χ4n) is 1.58. The predicted molar refractivity (Wildman–Crippen MR) is 88.8 cm³/mol. The lowest BCUT2D eigenvalue weighted by molar-refractivity contribution is 0.906. The second-order valence-electron chi connectivity index (χ2n) is 4.48. The smallest absolute Gasteiger partial charge is 0.250 e. The van der Waals surface area contributed by atoms with Gasteiger partial charge in [0.05, 0.1) is 0 Å². The van der Waals surface area contributed by atoms with E-state index in [1.165, 1.54) is 6.33 Å². The third kappa shape index (κ3) is 4.56. The van der Waals surface area contributed by atoms with Crippen LogP contribution in [0.25, 0.3) is 12.2 Å². The Labute approximate surface area is 138 Å². The minimum absolute atomic E-state index is 0.102. The van der Waals surface area contributed by atoms with Crippen molar-refractivity contribution in [2.75, 3.05) is 19.0 Å². The van der Waals surface area contributed by atoms with Crippen LogP contribution in [-0.4, -0.2) is 29.0 Å². The number of anilines is 1. The molecule has 0 radical (unpaired) electrons. The van der Waals surface area contributed by atoms with Gasteiger partial charge < -0.3 is 4.90 Å². The van der Waals surface area contributed by atoms with Crippen LogP contribution in [0, 0.1) is 0 Å². The molecule has 0 unspecified atom stereocenters. The maximum Gasteiger partial charge on any atom is 0.250 e. The Morgan fingerprint density at radius 3 is 2.24 bits per heavy atom. The SMILES string of the molecule is CN(C)c1ccc(C=Cc2ncnc(C(Cl)(Cl)Cl)n2)cc1. The summed E-state index contributed by atoms with van der Waals surface area (Å²) in [7, 11) is 3.99. The fraction of sp³-hybridized carbons (Fsp3) is 0.214. The lowest BCUT2D eigenvalue weighted by Crippen LogP contribution is -2.08. The van der Waals surface area contributed by atoms with Gasteiger partial charge in [-0.1, -0.05) is 53.0 Å². The van der Waals surface area contributed by atoms with Crippen molar-refractivity contribution in [3.63, 3.8) is 0 Å². The molecule has 1 aromatic carbocycles. The minimum atomic E-state index is -1.65. The van der Waals surface area contributed by atoms with Gasteiger partial charge in [0.1, 0.15) is 6.33 Å². The van der Waals surface area contributed by atoms with Crippen molar-refractivity contribution in [2.45, 2.75) is 3.79 Å². The number of halogens is 3. The zero-order valence-corrected chi connectivity index (χ0v) is 13.7. The van der Waals surface area contributed by atoms with Crippen molar-refractivity contribution < 1.29 is 0 Å². The highest BCUT2D eigenvalue weighted by Gasteiger charge is 2.26. The molecule has 2 rings (SSSR count). The molecule has 0 aliphatic carbocycles. The number of aromatic nitrogens is 3. The first kappa shape index (κ1) is 16.0. The summed E-state index contributed by atoms with van der Waals surface area (Å²) in [6.07, 6.45) is 4.95. The zero-order valence-electron chi connectivity index (χ0n) is 11.5. The first-order chi connectivity index (χ1) is 9.86. The molecular weight excluding hydrogens is 331 g/mol. The van der Waals surface area contributed by atoms with E-state index in [9.17, 15) is 0 Å². The van der Waals surface area contributed by atoms with Crippen LogP contribution in [-0.2, 0) is 3.79 Å². The van der Waals surface area contributed by atoms with Gasteiger partial charge in [-0.15, -0.1) is 0 Å². The van der Waals surface area contributed by atoms with E-state index < -0.39 is 3.79 Å². The number of benzene rings is 1. The maximum atomic E-state index is 5.74. The molecule has 7 heteroatoms. The maximum absolute atomic E-state index is 5.74. The second kappa shape index (κ2) is 6.60. The Hall–Kier alpha value is -1.36. The molecule has 0 aliphatic rings. The molecule has 2 aromatic rings. The number of hydrogen-bond acceptors (Lipinski definition) is 4. The summed E-state index contributed by atoms with van der Waals surface area (Å²) in [6.45, 7) is 0. The zero-order chi connectivity index (χ0) is 15.5. The fourth-order valence-corrected chi connectivity index (χ4v) is 1.85. The van der Waals surface area contributed by atoms with Gasteiger partial charge in [0, 0.05) is 19.8 Å². The molecule has 0 fully saturated rings. The van der Waals surface area contributed by atoms with Gasteiger partial charge in [-0.3, -0.25) is 0 Å². The van der Waals surface area contributed by atoms with E-state index in [1.807, 2.05) is 49.3 Å². The summed E-state index contributed by atoms with van der Waals surface area (Å²) in [5.74, 6) is 0.535. The molecule has 0 spiro atoms. The monoisotopic (exact) mass is 342 g/mol. The van der Waals surface area contributed by atoms with Crippen LogP contribution in [0.5, 0.6) is 0 Å². The lowest BCUT2D eigenvalue weighted by atomic mass is 10.2. The highest BCUT2D eigenvalue weighted by molar-refractivity contribution is 6.66. The van der Waals surface area contributed by atoms with E-state index in [-0.39, 0.29) is 5.82 Å². The van der Waals surface area contributed by atoms with E-state index in [4.69, 9.17) is 34.8 Å². The second-order valence-corrected chi connectivity index (χ2v) is 6.77. The topological polar surface area (TPSA) is 41.9 Å². The molecule has 4 nitrogen and oxygen atoms in total. The quantitative estimate of drug-likeness (QED) is 0.792. The summed E-state index contributed by atoms with van der Waals surface area (Å²) in [5, 5.41) is 0. The molecule has 21 heavy (non-hydrogen) atoms. The largest absolute Gasteiger partial charge is 0.378 e. The van der Waals surface area contributed by atoms with E-state index in [2.05, 4.69) is 15.0 Å². The van der Waals surface area contributed by atoms with Crippen LogP contribution in [0.15, 0.2) is 30.6 Å². The van der Waals surface area contributed by atoms with E-state index >= 15 is 0 Å². The molecule has 1 aromatic heterocycles. The van der Waals surface area contributed by atoms with Gasteiger partial charge >= 0.3 is 0 Å². The van der Waals surface area contributed by atoms with Crippen LogP contribution in [0.3, 0.4) is 0 Å². The molecule has 0 aliphatic heterocycles. The Morgan fingerprint density at radius 2 is 1.67 bits per heavy atom. The number of rotatable bonds is 3. The Bertz CT molecular complexity index is 633. The molecule has 0 saturated heterocycles. The summed E-state index contributed by atoms with van der Waals surface area (Å²) in [5.41, 5.74) is 2.15. The molecule has 110 valence electrons. The molecule has 0 saturated carbocycles. The molecule has 0 amide bonds. The van der Waals surface area contributed by atoms with E-state index in [1.54, 1.807) is 6.08 Å². The number of nitrogens with zero attached hydrogens (tertiary/aromatic N) is 4. The normalized spacial score (nSPS) is 11.9. The van der Waals surface area contributed by atoms with E-state index in [0.717, 1.165) is 11.3 Å². The number of alkyl halides is 3. The van der Waals surface area contributed by atoms with Crippen molar-refractivity contribution in [1.29, 1.82) is 0 Å². The molecule has 0 atom stereocenters. The highest BCUT2D eigenvalue weighted by Crippen LogP contribution is 2.35. The molecule has 1 heterocycles. The lowest BCUT2D eigenvalue weighted by Gasteiger charge is -2.11. The third-order valence-corrected chi connectivity index (χ3v) is 3.19. The van der Waals surface area contributed by atoms with Crippen LogP contribution in [0.4, 0.5) is 5.69 Å². The summed E-state index contributed by atoms with van der Waals surface area (Å²) < 4.78 is -1.65. The summed E-state index contributed by atoms with van der Waals surface area (Å²) in [6, 6.07) is 8.06.